The van der Waals surface area contributed by atoms with Gasteiger partial charge in [0.05, 0.1) is 14.1 Å². The van der Waals surface area contributed by atoms with Gasteiger partial charge in [0, 0.05) is 0 Å². The van der Waals surface area contributed by atoms with Crippen molar-refractivity contribution in [2.75, 3.05) is 14.1 Å². The van der Waals surface area contributed by atoms with E-state index in [1.807, 2.05) is 0 Å². The zero-order chi connectivity index (χ0) is 4.28. The highest BCUT2D eigenvalue weighted by molar-refractivity contribution is 4.40. The molecule has 2 heteroatoms. The topological polar surface area (TPSA) is 7.60 Å². The molecule has 0 amide bonds. The van der Waals surface area contributed by atoms with Crippen molar-refractivity contribution in [3.8, 4) is 0 Å². The van der Waals surface area contributed by atoms with E-state index in [1.165, 1.54) is 5.01 Å². The highest BCUT2D eigenvalue weighted by Crippen LogP contribution is 1.64. The lowest BCUT2D eigenvalue weighted by Gasteiger charge is -1.84. The van der Waals surface area contributed by atoms with Crippen LogP contribution in [0.15, 0.2) is 0 Å². The predicted molar refractivity (Wildman–Crippen MR) is 20.3 cm³/mol. The first kappa shape index (κ1) is 4.29. The number of nitrogens with zero attached hydrogens (tertiary/aromatic N) is 2. The molecular weight excluding hydrogens is 64.0 g/mol. The van der Waals surface area contributed by atoms with Crippen LogP contribution in [0.1, 0.15) is 0 Å². The predicted octanol–water partition coefficient (Wildman–Crippen LogP) is 0.382. The minimum atomic E-state index is 1.42. The van der Waals surface area contributed by atoms with Gasteiger partial charge in [-0.3, -0.25) is 0 Å². The number of rotatable bonds is 0. The minimum Gasteiger partial charge on any atom is -0.184 e. The molecule has 0 atom stereocenters. The third kappa shape index (κ3) is 3.29. The molecule has 0 aromatic rings. The fourth-order valence-corrected chi connectivity index (χ4v) is 0. The Kier molecular flexibility index (Phi) is 1.37. The molecule has 0 aromatic heterocycles. The van der Waals surface area contributed by atoms with Crippen LogP contribution in [0.2, 0.25) is 0 Å². The van der Waals surface area contributed by atoms with Crippen LogP contribution in [0.4, 0.5) is 0 Å². The van der Waals surface area contributed by atoms with Crippen molar-refractivity contribution in [3.63, 3.8) is 0 Å². The van der Waals surface area contributed by atoms with E-state index in [0.29, 0.717) is 0 Å². The van der Waals surface area contributed by atoms with Crippen LogP contribution >= 0.6 is 0 Å². The summed E-state index contributed by atoms with van der Waals surface area (Å²) in [6.45, 7) is 6.21. The third-order valence-electron chi connectivity index (χ3n) is 0.200. The van der Waals surface area contributed by atoms with Crippen molar-refractivity contribution in [3.05, 3.63) is 11.5 Å². The Bertz CT molecular complexity index is 50.4. The summed E-state index contributed by atoms with van der Waals surface area (Å²) in [5.74, 6) is 0. The second-order valence-corrected chi connectivity index (χ2v) is 0.947. The molecule has 0 aliphatic carbocycles. The average Bonchev–Trinajstić information content (AvgIpc) is 1.38. The number of hydrogen-bond acceptors (Lipinski definition) is 1. The highest BCUT2D eigenvalue weighted by Gasteiger charge is 1.70. The zero-order valence-corrected chi connectivity index (χ0v) is 3.39. The zero-order valence-electron chi connectivity index (χ0n) is 3.39. The lowest BCUT2D eigenvalue weighted by atomic mass is 11.2. The Morgan fingerprint density at radius 3 is 1.80 bits per heavy atom. The summed E-state index contributed by atoms with van der Waals surface area (Å²) in [6.07, 6.45) is 0. The molecule has 0 radical (unpaired) electrons. The molecule has 0 aliphatic rings. The molecule has 0 heterocycles. The van der Waals surface area contributed by atoms with E-state index >= 15 is 0 Å². The van der Waals surface area contributed by atoms with Gasteiger partial charge in [-0.25, -0.2) is 0 Å². The Morgan fingerprint density at radius 1 is 1.60 bits per heavy atom. The van der Waals surface area contributed by atoms with Crippen LogP contribution in [0.25, 0.3) is 4.95 Å². The van der Waals surface area contributed by atoms with Crippen molar-refractivity contribution in [1.82, 2.24) is 5.01 Å². The van der Waals surface area contributed by atoms with Crippen molar-refractivity contribution in [1.29, 1.82) is 0 Å². The summed E-state index contributed by atoms with van der Waals surface area (Å²) in [6, 6.07) is 0. The maximum atomic E-state index is 6.21. The first-order valence-corrected chi connectivity index (χ1v) is 1.32. The largest absolute Gasteiger partial charge is 0.184 e. The van der Waals surface area contributed by atoms with Crippen LogP contribution < -0.4 is 0 Å². The van der Waals surface area contributed by atoms with E-state index in [9.17, 15) is 0 Å². The molecular formula is C3H6N2. The first-order valence-electron chi connectivity index (χ1n) is 1.32. The highest BCUT2D eigenvalue weighted by atomic mass is 15.4. The van der Waals surface area contributed by atoms with Crippen LogP contribution in [-0.2, 0) is 0 Å². The normalized spacial score (nSPS) is 5.80. The molecule has 0 saturated carbocycles. The summed E-state index contributed by atoms with van der Waals surface area (Å²) >= 11 is 0. The van der Waals surface area contributed by atoms with Gasteiger partial charge in [0.1, 0.15) is 0 Å². The van der Waals surface area contributed by atoms with Crippen LogP contribution in [0.5, 0.6) is 0 Å². The molecule has 0 bridgehead atoms. The maximum Gasteiger partial charge on any atom is 0.0747 e. The summed E-state index contributed by atoms with van der Waals surface area (Å²) in [7, 11) is 3.40. The van der Waals surface area contributed by atoms with Gasteiger partial charge in [0.15, 0.2) is 0 Å². The van der Waals surface area contributed by atoms with Crippen molar-refractivity contribution in [2.45, 2.75) is 0 Å². The first-order chi connectivity index (χ1) is 2.27. The van der Waals surface area contributed by atoms with Crippen molar-refractivity contribution >= 4 is 0 Å². The van der Waals surface area contributed by atoms with Crippen LogP contribution in [0.3, 0.4) is 0 Å². The SMILES string of the molecule is [C-]#[N+]N(C)C. The Balaban J connectivity index is 2.94. The average molecular weight is 70.1 g/mol. The molecule has 0 aliphatic heterocycles. The molecule has 0 aromatic carbocycles. The molecule has 0 saturated heterocycles. The van der Waals surface area contributed by atoms with E-state index in [1.54, 1.807) is 14.1 Å². The van der Waals surface area contributed by atoms with Crippen molar-refractivity contribution < 1.29 is 0 Å². The Morgan fingerprint density at radius 2 is 1.80 bits per heavy atom. The van der Waals surface area contributed by atoms with E-state index in [-0.39, 0.29) is 0 Å². The summed E-state index contributed by atoms with van der Waals surface area (Å²) in [5.41, 5.74) is 0. The molecule has 2 nitrogen and oxygen atoms in total. The van der Waals surface area contributed by atoms with Gasteiger partial charge in [-0.05, 0) is 0 Å². The summed E-state index contributed by atoms with van der Waals surface area (Å²) in [5, 5.41) is 1.42. The fraction of sp³-hybridized carbons (Fsp3) is 0.667. The van der Waals surface area contributed by atoms with Gasteiger partial charge < -0.3 is 0 Å². The molecule has 0 rings (SSSR count). The van der Waals surface area contributed by atoms with Gasteiger partial charge in [-0.1, -0.05) is 0 Å². The number of hydrogen-bond donors (Lipinski definition) is 0. The fourth-order valence-electron chi connectivity index (χ4n) is 0. The molecule has 5 heavy (non-hydrogen) atoms. The van der Waals surface area contributed by atoms with Crippen LogP contribution in [-0.4, -0.2) is 19.1 Å². The van der Waals surface area contributed by atoms with Gasteiger partial charge >= 0.3 is 0 Å². The third-order valence-corrected chi connectivity index (χ3v) is 0.200. The Labute approximate surface area is 31.8 Å². The quantitative estimate of drug-likeness (QED) is 0.295. The standard InChI is InChI=1S/C3H6N2/c1-4-5(2)3/h2-3H3. The lowest BCUT2D eigenvalue weighted by molar-refractivity contribution is 0.556. The van der Waals surface area contributed by atoms with Gasteiger partial charge in [0.2, 0.25) is 0 Å². The molecule has 0 N–H and O–H groups in total. The van der Waals surface area contributed by atoms with E-state index in [4.69, 9.17) is 6.57 Å². The second-order valence-electron chi connectivity index (χ2n) is 0.947. The van der Waals surface area contributed by atoms with Gasteiger partial charge in [-0.15, -0.1) is 5.01 Å². The second kappa shape index (κ2) is 1.59. The monoisotopic (exact) mass is 70.1 g/mol. The van der Waals surface area contributed by atoms with E-state index in [2.05, 4.69) is 4.95 Å². The summed E-state index contributed by atoms with van der Waals surface area (Å²) in [4.78, 5) is 2.97. The minimum absolute atomic E-state index is 1.42. The molecule has 0 spiro atoms. The van der Waals surface area contributed by atoms with Gasteiger partial charge in [-0.2, -0.15) is 11.5 Å². The molecule has 0 fully saturated rings. The van der Waals surface area contributed by atoms with Gasteiger partial charge in [0.25, 0.3) is 0 Å². The van der Waals surface area contributed by atoms with Crippen molar-refractivity contribution in [2.24, 2.45) is 0 Å². The van der Waals surface area contributed by atoms with Crippen LogP contribution in [0, 0.1) is 6.57 Å². The van der Waals surface area contributed by atoms with E-state index in [0.717, 1.165) is 0 Å². The Hall–Kier alpha value is -0.710. The van der Waals surface area contributed by atoms with E-state index < -0.39 is 0 Å². The smallest absolute Gasteiger partial charge is 0.0747 e. The summed E-state index contributed by atoms with van der Waals surface area (Å²) < 4.78 is 0. The maximum absolute atomic E-state index is 6.21. The molecule has 28 valence electrons. The lowest BCUT2D eigenvalue weighted by Crippen LogP contribution is -1.95. The molecule has 0 unspecified atom stereocenters.